The SMILES string of the molecule is O=C(C1CCS(=O)(=O)CC1)N1CCN(C2NN=C(C(F)(F)F)S2)CC1c1ccc(C(F)(F)F)s1. The first kappa shape index (κ1) is 25.6. The molecule has 4 rings (SSSR count). The summed E-state index contributed by atoms with van der Waals surface area (Å²) in [5.41, 5.74) is 1.53. The highest BCUT2D eigenvalue weighted by atomic mass is 32.2. The number of alkyl halides is 6. The van der Waals surface area contributed by atoms with Crippen LogP contribution in [-0.2, 0) is 20.8 Å². The van der Waals surface area contributed by atoms with Crippen LogP contribution in [0.15, 0.2) is 17.2 Å². The van der Waals surface area contributed by atoms with Gasteiger partial charge >= 0.3 is 12.4 Å². The predicted molar refractivity (Wildman–Crippen MR) is 115 cm³/mol. The second-order valence-corrected chi connectivity index (χ2v) is 12.7. The molecule has 0 aromatic carbocycles. The minimum absolute atomic E-state index is 0.000106. The van der Waals surface area contributed by atoms with E-state index in [-0.39, 0.29) is 54.8 Å². The number of piperazine rings is 1. The van der Waals surface area contributed by atoms with Crippen LogP contribution in [0, 0.1) is 5.92 Å². The molecule has 1 N–H and O–H groups in total. The number of nitrogens with zero attached hydrogens (tertiary/aromatic N) is 3. The Hall–Kier alpha value is -1.52. The van der Waals surface area contributed by atoms with Gasteiger partial charge in [0, 0.05) is 30.4 Å². The molecule has 7 nitrogen and oxygen atoms in total. The Morgan fingerprint density at radius 3 is 2.29 bits per heavy atom. The van der Waals surface area contributed by atoms with Gasteiger partial charge in [-0.15, -0.1) is 11.3 Å². The summed E-state index contributed by atoms with van der Waals surface area (Å²) in [6, 6.07) is 1.38. The zero-order valence-corrected chi connectivity index (χ0v) is 19.8. The van der Waals surface area contributed by atoms with Gasteiger partial charge in [-0.1, -0.05) is 11.8 Å². The van der Waals surface area contributed by atoms with Crippen LogP contribution < -0.4 is 5.43 Å². The Morgan fingerprint density at radius 2 is 1.74 bits per heavy atom. The second kappa shape index (κ2) is 9.17. The van der Waals surface area contributed by atoms with Crippen LogP contribution in [-0.4, -0.2) is 72.0 Å². The minimum atomic E-state index is -4.62. The molecule has 2 atom stereocenters. The summed E-state index contributed by atoms with van der Waals surface area (Å²) in [5, 5.41) is 2.27. The molecule has 1 aromatic rings. The maximum Gasteiger partial charge on any atom is 0.441 e. The highest BCUT2D eigenvalue weighted by Crippen LogP contribution is 2.41. The minimum Gasteiger partial charge on any atom is -0.332 e. The molecule has 0 radical (unpaired) electrons. The van der Waals surface area contributed by atoms with Crippen molar-refractivity contribution in [2.24, 2.45) is 11.0 Å². The van der Waals surface area contributed by atoms with Gasteiger partial charge in [0.1, 0.15) is 20.2 Å². The van der Waals surface area contributed by atoms with Crippen molar-refractivity contribution in [2.75, 3.05) is 31.1 Å². The van der Waals surface area contributed by atoms with Gasteiger partial charge < -0.3 is 4.90 Å². The van der Waals surface area contributed by atoms with Gasteiger partial charge in [0.2, 0.25) is 11.0 Å². The van der Waals surface area contributed by atoms with Crippen molar-refractivity contribution in [2.45, 2.75) is 36.7 Å². The largest absolute Gasteiger partial charge is 0.441 e. The first-order chi connectivity index (χ1) is 15.7. The molecule has 4 heterocycles. The monoisotopic (exact) mass is 550 g/mol. The maximum absolute atomic E-state index is 13.3. The molecule has 3 aliphatic heterocycles. The van der Waals surface area contributed by atoms with E-state index in [2.05, 4.69) is 10.5 Å². The Morgan fingerprint density at radius 1 is 1.06 bits per heavy atom. The first-order valence-corrected chi connectivity index (χ1v) is 13.8. The molecular formula is C18H20F6N4O3S3. The Bertz CT molecular complexity index is 1060. The van der Waals surface area contributed by atoms with E-state index in [4.69, 9.17) is 0 Å². The zero-order valence-electron chi connectivity index (χ0n) is 17.4. The van der Waals surface area contributed by atoms with Crippen molar-refractivity contribution >= 4 is 43.9 Å². The van der Waals surface area contributed by atoms with E-state index in [1.807, 2.05) is 0 Å². The average molecular weight is 551 g/mol. The van der Waals surface area contributed by atoms with Crippen molar-refractivity contribution in [3.05, 3.63) is 21.9 Å². The van der Waals surface area contributed by atoms with Crippen molar-refractivity contribution in [3.8, 4) is 0 Å². The lowest BCUT2D eigenvalue weighted by atomic mass is 9.98. The summed E-state index contributed by atoms with van der Waals surface area (Å²) in [6.07, 6.45) is -8.92. The third-order valence-corrected chi connectivity index (χ3v) is 10.0. The number of halogens is 6. The molecule has 2 saturated heterocycles. The van der Waals surface area contributed by atoms with E-state index in [1.165, 1.54) is 11.0 Å². The maximum atomic E-state index is 13.3. The van der Waals surface area contributed by atoms with Gasteiger partial charge in [0.15, 0.2) is 0 Å². The zero-order chi connectivity index (χ0) is 24.9. The molecule has 3 aliphatic rings. The third-order valence-electron chi connectivity index (χ3n) is 5.91. The second-order valence-electron chi connectivity index (χ2n) is 8.18. The van der Waals surface area contributed by atoms with Crippen molar-refractivity contribution < 1.29 is 39.6 Å². The van der Waals surface area contributed by atoms with E-state index in [0.717, 1.165) is 6.07 Å². The van der Waals surface area contributed by atoms with Crippen molar-refractivity contribution in [1.82, 2.24) is 15.2 Å². The molecule has 190 valence electrons. The van der Waals surface area contributed by atoms with Crippen molar-refractivity contribution in [1.29, 1.82) is 0 Å². The van der Waals surface area contributed by atoms with E-state index in [9.17, 15) is 39.6 Å². The first-order valence-electron chi connectivity index (χ1n) is 10.2. The summed E-state index contributed by atoms with van der Waals surface area (Å²) < 4.78 is 102. The number of hydrogen-bond donors (Lipinski definition) is 1. The standard InChI is InChI=1S/C18H20F6N4O3S3/c19-17(20,21)13-2-1-12(32-13)11-9-27(16-26-25-15(33-16)18(22,23)24)5-6-28(11)14(29)10-3-7-34(30,31)8-4-10/h1-2,10-11,16,26H,3-9H2. The van der Waals surface area contributed by atoms with Gasteiger partial charge in [0.05, 0.1) is 17.5 Å². The van der Waals surface area contributed by atoms with Gasteiger partial charge in [-0.2, -0.15) is 31.4 Å². The van der Waals surface area contributed by atoms with E-state index in [0.29, 0.717) is 23.1 Å². The number of thioether (sulfide) groups is 1. The topological polar surface area (TPSA) is 82.1 Å². The Kier molecular flexibility index (Phi) is 6.89. The summed E-state index contributed by atoms with van der Waals surface area (Å²) in [6.45, 7) is 0.252. The molecule has 2 unspecified atom stereocenters. The Balaban J connectivity index is 1.55. The fraction of sp³-hybridized carbons (Fsp3) is 0.667. The van der Waals surface area contributed by atoms with Crippen molar-refractivity contribution in [3.63, 3.8) is 0 Å². The van der Waals surface area contributed by atoms with E-state index >= 15 is 0 Å². The lowest BCUT2D eigenvalue weighted by Crippen LogP contribution is -2.56. The number of amides is 1. The quantitative estimate of drug-likeness (QED) is 0.582. The number of sulfone groups is 1. The van der Waals surface area contributed by atoms with Crippen LogP contribution >= 0.6 is 23.1 Å². The predicted octanol–water partition coefficient (Wildman–Crippen LogP) is 3.27. The van der Waals surface area contributed by atoms with Crippen LogP contribution in [0.1, 0.15) is 28.6 Å². The molecule has 1 amide bonds. The molecule has 0 spiro atoms. The summed E-state index contributed by atoms with van der Waals surface area (Å²) in [4.78, 5) is 15.7. The van der Waals surface area contributed by atoms with Gasteiger partial charge in [0.25, 0.3) is 0 Å². The van der Waals surface area contributed by atoms with Crippen LogP contribution in [0.2, 0.25) is 0 Å². The number of hydrazone groups is 1. The van der Waals surface area contributed by atoms with E-state index in [1.54, 1.807) is 4.90 Å². The molecule has 0 bridgehead atoms. The van der Waals surface area contributed by atoms with Gasteiger partial charge in [-0.05, 0) is 25.0 Å². The molecular weight excluding hydrogens is 530 g/mol. The van der Waals surface area contributed by atoms with Crippen LogP contribution in [0.5, 0.6) is 0 Å². The molecule has 16 heteroatoms. The Labute approximate surface area is 199 Å². The third kappa shape index (κ3) is 5.49. The lowest BCUT2D eigenvalue weighted by molar-refractivity contribution is -0.141. The number of thiophene rings is 1. The number of rotatable bonds is 3. The number of carbonyl (C=O) groups excluding carboxylic acids is 1. The highest BCUT2D eigenvalue weighted by molar-refractivity contribution is 8.14. The normalized spacial score (nSPS) is 26.9. The fourth-order valence-corrected chi connectivity index (χ4v) is 7.51. The number of carbonyl (C=O) groups is 1. The van der Waals surface area contributed by atoms with Gasteiger partial charge in [-0.25, -0.2) is 8.42 Å². The molecule has 0 saturated carbocycles. The number of hydrogen-bond acceptors (Lipinski definition) is 8. The summed E-state index contributed by atoms with van der Waals surface area (Å²) in [5.74, 6) is -1.18. The smallest absolute Gasteiger partial charge is 0.332 e. The summed E-state index contributed by atoms with van der Waals surface area (Å²) >= 11 is 0.947. The lowest BCUT2D eigenvalue weighted by Gasteiger charge is -2.44. The van der Waals surface area contributed by atoms with Gasteiger partial charge in [-0.3, -0.25) is 15.1 Å². The number of nitrogens with one attached hydrogen (secondary N) is 1. The molecule has 2 fully saturated rings. The summed E-state index contributed by atoms with van der Waals surface area (Å²) in [7, 11) is -3.21. The van der Waals surface area contributed by atoms with Crippen LogP contribution in [0.25, 0.3) is 0 Å². The molecule has 1 aromatic heterocycles. The average Bonchev–Trinajstić information content (AvgIpc) is 3.42. The molecule has 0 aliphatic carbocycles. The fourth-order valence-electron chi connectivity index (χ4n) is 4.14. The molecule has 34 heavy (non-hydrogen) atoms. The highest BCUT2D eigenvalue weighted by Gasteiger charge is 2.45. The van der Waals surface area contributed by atoms with E-state index < -0.39 is 49.6 Å². The van der Waals surface area contributed by atoms with Crippen LogP contribution in [0.4, 0.5) is 26.3 Å². The van der Waals surface area contributed by atoms with Crippen LogP contribution in [0.3, 0.4) is 0 Å².